The van der Waals surface area contributed by atoms with Crippen LogP contribution in [-0.4, -0.2) is 37.6 Å². The molecule has 1 amide bonds. The van der Waals surface area contributed by atoms with E-state index in [0.717, 1.165) is 33.7 Å². The zero-order valence-electron chi connectivity index (χ0n) is 18.4. The number of aromatic nitrogens is 5. The Morgan fingerprint density at radius 2 is 1.87 bits per heavy atom. The molecule has 0 aliphatic rings. The van der Waals surface area contributed by atoms with Gasteiger partial charge in [0.05, 0.1) is 18.5 Å². The molecule has 4 aromatic rings. The first-order valence-electron chi connectivity index (χ1n) is 10.2. The van der Waals surface area contributed by atoms with Gasteiger partial charge >= 0.3 is 0 Å². The van der Waals surface area contributed by atoms with Crippen molar-refractivity contribution < 1.29 is 9.53 Å². The Morgan fingerprint density at radius 3 is 2.55 bits per heavy atom. The lowest BCUT2D eigenvalue weighted by Crippen LogP contribution is -2.22. The number of ether oxygens (including phenoxy) is 1. The SMILES string of the molecule is COc1ccc(-c2ccnc3c2c(C)nn3CC(=O)Nc2cc(C)nn2C(C)C)cc1. The standard InChI is InChI=1S/C23H26N6O2/c1-14(2)29-20(12-15(3)26-29)25-21(30)13-28-23-22(16(4)27-28)19(10-11-24-23)17-6-8-18(31-5)9-7-17/h6-12,14H,13H2,1-5H3,(H,25,30). The first kappa shape index (κ1) is 20.6. The minimum atomic E-state index is -0.178. The van der Waals surface area contributed by atoms with Crippen LogP contribution < -0.4 is 10.1 Å². The number of nitrogens with zero attached hydrogens (tertiary/aromatic N) is 5. The van der Waals surface area contributed by atoms with Crippen LogP contribution in [0.4, 0.5) is 5.82 Å². The zero-order valence-corrected chi connectivity index (χ0v) is 18.4. The summed E-state index contributed by atoms with van der Waals surface area (Å²) in [6, 6.07) is 11.8. The van der Waals surface area contributed by atoms with E-state index in [0.29, 0.717) is 11.5 Å². The van der Waals surface area contributed by atoms with E-state index in [4.69, 9.17) is 4.74 Å². The molecule has 0 radical (unpaired) electrons. The molecule has 0 bridgehead atoms. The third-order valence-corrected chi connectivity index (χ3v) is 5.12. The van der Waals surface area contributed by atoms with Crippen molar-refractivity contribution >= 4 is 22.8 Å². The normalized spacial score (nSPS) is 11.3. The van der Waals surface area contributed by atoms with E-state index in [1.807, 2.05) is 64.1 Å². The molecule has 1 N–H and O–H groups in total. The van der Waals surface area contributed by atoms with Gasteiger partial charge in [0.25, 0.3) is 0 Å². The Hall–Kier alpha value is -3.68. The number of carbonyl (C=O) groups is 1. The fourth-order valence-corrected chi connectivity index (χ4v) is 3.73. The van der Waals surface area contributed by atoms with E-state index in [9.17, 15) is 4.79 Å². The molecule has 0 aliphatic heterocycles. The minimum absolute atomic E-state index is 0.0612. The van der Waals surface area contributed by atoms with Crippen LogP contribution in [0, 0.1) is 13.8 Å². The average molecular weight is 419 g/mol. The molecule has 3 aromatic heterocycles. The van der Waals surface area contributed by atoms with Gasteiger partial charge in [-0.3, -0.25) is 4.79 Å². The Kier molecular flexibility index (Phi) is 5.46. The number of benzene rings is 1. The summed E-state index contributed by atoms with van der Waals surface area (Å²) in [7, 11) is 1.65. The van der Waals surface area contributed by atoms with Gasteiger partial charge in [0.15, 0.2) is 5.65 Å². The first-order valence-corrected chi connectivity index (χ1v) is 10.2. The molecule has 0 saturated carbocycles. The lowest BCUT2D eigenvalue weighted by Gasteiger charge is -2.12. The van der Waals surface area contributed by atoms with Crippen molar-refractivity contribution in [3.8, 4) is 16.9 Å². The molecule has 1 aromatic carbocycles. The fourth-order valence-electron chi connectivity index (χ4n) is 3.73. The number of amides is 1. The van der Waals surface area contributed by atoms with Crippen molar-refractivity contribution in [1.82, 2.24) is 24.5 Å². The molecule has 160 valence electrons. The second-order valence-electron chi connectivity index (χ2n) is 7.79. The first-order chi connectivity index (χ1) is 14.9. The molecule has 0 unspecified atom stereocenters. The summed E-state index contributed by atoms with van der Waals surface area (Å²) < 4.78 is 8.71. The zero-order chi connectivity index (χ0) is 22.1. The van der Waals surface area contributed by atoms with Crippen LogP contribution in [0.2, 0.25) is 0 Å². The molecule has 0 spiro atoms. The summed E-state index contributed by atoms with van der Waals surface area (Å²) in [5.74, 6) is 1.30. The van der Waals surface area contributed by atoms with Gasteiger partial charge in [0, 0.05) is 23.7 Å². The molecule has 8 heteroatoms. The summed E-state index contributed by atoms with van der Waals surface area (Å²) in [6.07, 6.45) is 1.74. The number of pyridine rings is 1. The smallest absolute Gasteiger partial charge is 0.247 e. The highest BCUT2D eigenvalue weighted by molar-refractivity contribution is 5.96. The highest BCUT2D eigenvalue weighted by atomic mass is 16.5. The Balaban J connectivity index is 1.64. The summed E-state index contributed by atoms with van der Waals surface area (Å²) in [6.45, 7) is 7.95. The van der Waals surface area contributed by atoms with Crippen molar-refractivity contribution in [2.45, 2.75) is 40.3 Å². The highest BCUT2D eigenvalue weighted by Crippen LogP contribution is 2.31. The number of hydrogen-bond acceptors (Lipinski definition) is 5. The summed E-state index contributed by atoms with van der Waals surface area (Å²) >= 11 is 0. The molecule has 31 heavy (non-hydrogen) atoms. The number of rotatable bonds is 6. The quantitative estimate of drug-likeness (QED) is 0.509. The van der Waals surface area contributed by atoms with Crippen LogP contribution in [0.5, 0.6) is 5.75 Å². The van der Waals surface area contributed by atoms with Crippen molar-refractivity contribution in [1.29, 1.82) is 0 Å². The van der Waals surface area contributed by atoms with Gasteiger partial charge < -0.3 is 10.1 Å². The monoisotopic (exact) mass is 418 g/mol. The topological polar surface area (TPSA) is 86.9 Å². The van der Waals surface area contributed by atoms with Gasteiger partial charge in [-0.15, -0.1) is 0 Å². The maximum atomic E-state index is 12.8. The number of aryl methyl sites for hydroxylation is 2. The van der Waals surface area contributed by atoms with Crippen LogP contribution in [-0.2, 0) is 11.3 Å². The second-order valence-corrected chi connectivity index (χ2v) is 7.79. The maximum Gasteiger partial charge on any atom is 0.247 e. The predicted molar refractivity (Wildman–Crippen MR) is 120 cm³/mol. The molecule has 4 rings (SSSR count). The van der Waals surface area contributed by atoms with Gasteiger partial charge in [0.2, 0.25) is 5.91 Å². The number of methoxy groups -OCH3 is 1. The molecular weight excluding hydrogens is 392 g/mol. The van der Waals surface area contributed by atoms with E-state index in [1.54, 1.807) is 22.7 Å². The molecule has 0 atom stereocenters. The van der Waals surface area contributed by atoms with Crippen LogP contribution in [0.25, 0.3) is 22.2 Å². The lowest BCUT2D eigenvalue weighted by molar-refractivity contribution is -0.116. The van der Waals surface area contributed by atoms with Gasteiger partial charge in [-0.25, -0.2) is 14.3 Å². The number of carbonyl (C=O) groups excluding carboxylic acids is 1. The molecule has 8 nitrogen and oxygen atoms in total. The number of fused-ring (bicyclic) bond motifs is 1. The Bertz CT molecular complexity index is 1240. The van der Waals surface area contributed by atoms with Gasteiger partial charge in [-0.1, -0.05) is 12.1 Å². The van der Waals surface area contributed by atoms with Gasteiger partial charge in [-0.2, -0.15) is 10.2 Å². The number of nitrogens with one attached hydrogen (secondary N) is 1. The Labute approximate surface area is 180 Å². The number of hydrogen-bond donors (Lipinski definition) is 1. The summed E-state index contributed by atoms with van der Waals surface area (Å²) in [5, 5.41) is 12.9. The van der Waals surface area contributed by atoms with Crippen LogP contribution in [0.15, 0.2) is 42.6 Å². The summed E-state index contributed by atoms with van der Waals surface area (Å²) in [5.41, 5.74) is 4.41. The van der Waals surface area contributed by atoms with Crippen molar-refractivity contribution in [3.05, 3.63) is 54.0 Å². The van der Waals surface area contributed by atoms with Crippen LogP contribution >= 0.6 is 0 Å². The van der Waals surface area contributed by atoms with Gasteiger partial charge in [0.1, 0.15) is 18.1 Å². The van der Waals surface area contributed by atoms with E-state index in [-0.39, 0.29) is 18.5 Å². The van der Waals surface area contributed by atoms with Crippen LogP contribution in [0.1, 0.15) is 31.3 Å². The van der Waals surface area contributed by atoms with E-state index < -0.39 is 0 Å². The molecule has 0 aliphatic carbocycles. The second kappa shape index (κ2) is 8.22. The third-order valence-electron chi connectivity index (χ3n) is 5.12. The number of anilines is 1. The van der Waals surface area contributed by atoms with E-state index >= 15 is 0 Å². The molecule has 3 heterocycles. The average Bonchev–Trinajstić information content (AvgIpc) is 3.27. The van der Waals surface area contributed by atoms with Crippen molar-refractivity contribution in [2.75, 3.05) is 12.4 Å². The van der Waals surface area contributed by atoms with Crippen molar-refractivity contribution in [2.24, 2.45) is 0 Å². The minimum Gasteiger partial charge on any atom is -0.497 e. The lowest BCUT2D eigenvalue weighted by atomic mass is 10.0. The van der Waals surface area contributed by atoms with E-state index in [2.05, 4.69) is 20.5 Å². The Morgan fingerprint density at radius 1 is 1.13 bits per heavy atom. The van der Waals surface area contributed by atoms with Gasteiger partial charge in [-0.05, 0) is 57.0 Å². The molecule has 0 fully saturated rings. The maximum absolute atomic E-state index is 12.8. The van der Waals surface area contributed by atoms with E-state index in [1.165, 1.54) is 0 Å². The fraction of sp³-hybridized carbons (Fsp3) is 0.304. The third kappa shape index (κ3) is 4.01. The predicted octanol–water partition coefficient (Wildman–Crippen LogP) is 4.14. The highest BCUT2D eigenvalue weighted by Gasteiger charge is 2.17. The van der Waals surface area contributed by atoms with Crippen molar-refractivity contribution in [3.63, 3.8) is 0 Å². The summed E-state index contributed by atoms with van der Waals surface area (Å²) in [4.78, 5) is 17.3. The largest absolute Gasteiger partial charge is 0.497 e. The van der Waals surface area contributed by atoms with Crippen LogP contribution in [0.3, 0.4) is 0 Å². The molecule has 0 saturated heterocycles. The molecular formula is C23H26N6O2.